The van der Waals surface area contributed by atoms with Crippen LogP contribution in [0.1, 0.15) is 22.5 Å². The Hall–Kier alpha value is -4.13. The van der Waals surface area contributed by atoms with Crippen molar-refractivity contribution in [2.24, 2.45) is 10.8 Å². The van der Waals surface area contributed by atoms with E-state index >= 15 is 0 Å². The lowest BCUT2D eigenvalue weighted by molar-refractivity contribution is -0.165. The maximum Gasteiger partial charge on any atom is 0.317 e. The number of fused-ring (bicyclic) bond motifs is 6. The van der Waals surface area contributed by atoms with Gasteiger partial charge in [-0.05, 0) is 46.9 Å². The second-order valence-corrected chi connectivity index (χ2v) is 9.38. The normalized spacial score (nSPS) is 23.6. The smallest absolute Gasteiger partial charge is 0.317 e. The molecule has 2 unspecified atom stereocenters. The quantitative estimate of drug-likeness (QED) is 0.448. The molecule has 0 saturated carbocycles. The highest BCUT2D eigenvalue weighted by atomic mass is 16.4. The molecular formula is C27H20N2O5. The van der Waals surface area contributed by atoms with Gasteiger partial charge in [-0.1, -0.05) is 48.5 Å². The molecule has 1 heterocycles. The van der Waals surface area contributed by atoms with Crippen LogP contribution in [-0.2, 0) is 40.1 Å². The van der Waals surface area contributed by atoms with Gasteiger partial charge in [0.2, 0.25) is 0 Å². The van der Waals surface area contributed by atoms with Gasteiger partial charge < -0.3 is 10.2 Å². The van der Waals surface area contributed by atoms with Crippen LogP contribution < -0.4 is 0 Å². The van der Waals surface area contributed by atoms with Gasteiger partial charge in [0.15, 0.2) is 5.78 Å². The second kappa shape index (κ2) is 6.93. The number of aliphatic carboxylic acids is 2. The standard InChI is InChI=1S/C27H20N2O5/c30-23-26(24(31)32)11-17-9-15-5-1-2-6-16(15)10-18(17)12-27(23,25(33)34)14-22-21(13-26)28-19-7-3-4-8-20(19)29-22/h1-10H,11-14H2,(H,31,32)(H,33,34). The highest BCUT2D eigenvalue weighted by Crippen LogP contribution is 2.48. The maximum atomic E-state index is 14.1. The summed E-state index contributed by atoms with van der Waals surface area (Å²) in [4.78, 5) is 49.1. The number of benzene rings is 3. The number of aromatic nitrogens is 2. The largest absolute Gasteiger partial charge is 0.480 e. The minimum Gasteiger partial charge on any atom is -0.480 e. The van der Waals surface area contributed by atoms with Crippen LogP contribution in [0.25, 0.3) is 21.8 Å². The predicted molar refractivity (Wildman–Crippen MR) is 123 cm³/mol. The molecule has 7 nitrogen and oxygen atoms in total. The van der Waals surface area contributed by atoms with Crippen LogP contribution in [-0.4, -0.2) is 37.9 Å². The zero-order valence-electron chi connectivity index (χ0n) is 18.1. The number of carbonyl (C=O) groups excluding carboxylic acids is 1. The summed E-state index contributed by atoms with van der Waals surface area (Å²) in [5.41, 5.74) is -0.602. The van der Waals surface area contributed by atoms with Crippen molar-refractivity contribution in [2.45, 2.75) is 25.7 Å². The van der Waals surface area contributed by atoms with Crippen molar-refractivity contribution in [1.29, 1.82) is 0 Å². The first-order valence-electron chi connectivity index (χ1n) is 11.1. The number of para-hydroxylation sites is 2. The minimum atomic E-state index is -1.95. The Bertz CT molecular complexity index is 1350. The summed E-state index contributed by atoms with van der Waals surface area (Å²) in [6.07, 6.45) is -0.583. The predicted octanol–water partition coefficient (Wildman–Crippen LogP) is 3.39. The van der Waals surface area contributed by atoms with E-state index in [2.05, 4.69) is 9.97 Å². The number of ketones is 1. The van der Waals surface area contributed by atoms with Crippen molar-refractivity contribution >= 4 is 39.5 Å². The summed E-state index contributed by atoms with van der Waals surface area (Å²) in [5.74, 6) is -3.43. The van der Waals surface area contributed by atoms with Gasteiger partial charge in [0, 0.05) is 12.8 Å². The molecule has 2 aliphatic rings. The molecule has 0 spiro atoms. The van der Waals surface area contributed by atoms with Crippen LogP contribution in [0.2, 0.25) is 0 Å². The molecule has 0 aliphatic heterocycles. The molecule has 168 valence electrons. The number of hydrogen-bond acceptors (Lipinski definition) is 5. The monoisotopic (exact) mass is 452 g/mol. The lowest BCUT2D eigenvalue weighted by Crippen LogP contribution is -2.53. The summed E-state index contributed by atoms with van der Waals surface area (Å²) in [6, 6.07) is 18.6. The fourth-order valence-corrected chi connectivity index (χ4v) is 5.64. The van der Waals surface area contributed by atoms with Gasteiger partial charge in [-0.3, -0.25) is 14.4 Å². The lowest BCUT2D eigenvalue weighted by atomic mass is 9.66. The van der Waals surface area contributed by atoms with Crippen LogP contribution >= 0.6 is 0 Å². The van der Waals surface area contributed by atoms with E-state index in [4.69, 9.17) is 0 Å². The van der Waals surface area contributed by atoms with Gasteiger partial charge in [-0.2, -0.15) is 0 Å². The number of nitrogens with zero attached hydrogens (tertiary/aromatic N) is 2. The van der Waals surface area contributed by atoms with Crippen molar-refractivity contribution in [3.05, 3.63) is 83.2 Å². The van der Waals surface area contributed by atoms with Gasteiger partial charge in [0.05, 0.1) is 22.4 Å². The van der Waals surface area contributed by atoms with Gasteiger partial charge in [0.25, 0.3) is 0 Å². The maximum absolute atomic E-state index is 14.1. The average molecular weight is 452 g/mol. The highest BCUT2D eigenvalue weighted by molar-refractivity contribution is 6.15. The van der Waals surface area contributed by atoms with Crippen molar-refractivity contribution in [2.75, 3.05) is 0 Å². The Morgan fingerprint density at radius 1 is 0.676 bits per heavy atom. The Kier molecular flexibility index (Phi) is 4.18. The third-order valence-corrected chi connectivity index (χ3v) is 7.40. The Morgan fingerprint density at radius 3 is 1.50 bits per heavy atom. The number of Topliss-reactive ketones (excluding diaryl/α,β-unsaturated/α-hetero) is 1. The number of carboxylic acids is 2. The SMILES string of the molecule is O=C(O)C12Cc3cc4ccccc4cc3CC(C(=O)O)(Cc3nc4ccccc4nc3C1)C2=O. The number of carbonyl (C=O) groups is 3. The molecule has 3 aromatic carbocycles. The van der Waals surface area contributed by atoms with E-state index in [1.54, 1.807) is 12.1 Å². The number of carboxylic acid groups (broad SMARTS) is 2. The molecule has 4 aromatic rings. The van der Waals surface area contributed by atoms with Gasteiger partial charge in [0.1, 0.15) is 10.8 Å². The lowest BCUT2D eigenvalue weighted by Gasteiger charge is -2.32. The van der Waals surface area contributed by atoms with Crippen LogP contribution in [0.3, 0.4) is 0 Å². The molecule has 7 heteroatoms. The van der Waals surface area contributed by atoms with E-state index in [9.17, 15) is 24.6 Å². The van der Waals surface area contributed by atoms with Crippen molar-refractivity contribution in [3.63, 3.8) is 0 Å². The highest BCUT2D eigenvalue weighted by Gasteiger charge is 2.62. The van der Waals surface area contributed by atoms with E-state index in [1.807, 2.05) is 48.5 Å². The summed E-state index contributed by atoms with van der Waals surface area (Å²) < 4.78 is 0. The van der Waals surface area contributed by atoms with Crippen LogP contribution in [0.4, 0.5) is 0 Å². The van der Waals surface area contributed by atoms with E-state index in [1.165, 1.54) is 0 Å². The number of rotatable bonds is 2. The van der Waals surface area contributed by atoms with Gasteiger partial charge >= 0.3 is 11.9 Å². The Labute approximate surface area is 194 Å². The third kappa shape index (κ3) is 2.73. The molecule has 1 aromatic heterocycles. The van der Waals surface area contributed by atoms with Crippen LogP contribution in [0.15, 0.2) is 60.7 Å². The molecule has 6 rings (SSSR count). The fourth-order valence-electron chi connectivity index (χ4n) is 5.64. The van der Waals surface area contributed by atoms with Crippen molar-refractivity contribution < 1.29 is 24.6 Å². The molecule has 2 bridgehead atoms. The van der Waals surface area contributed by atoms with Gasteiger partial charge in [-0.25, -0.2) is 9.97 Å². The summed E-state index contributed by atoms with van der Waals surface area (Å²) in [6.45, 7) is 0. The molecule has 34 heavy (non-hydrogen) atoms. The second-order valence-electron chi connectivity index (χ2n) is 9.38. The van der Waals surface area contributed by atoms with Crippen molar-refractivity contribution in [3.8, 4) is 0 Å². The summed E-state index contributed by atoms with van der Waals surface area (Å²) in [5, 5.41) is 22.8. The first-order chi connectivity index (χ1) is 16.3. The zero-order valence-corrected chi connectivity index (χ0v) is 18.1. The number of hydrogen-bond donors (Lipinski definition) is 2. The topological polar surface area (TPSA) is 117 Å². The van der Waals surface area contributed by atoms with Gasteiger partial charge in [-0.15, -0.1) is 0 Å². The van der Waals surface area contributed by atoms with E-state index in [-0.39, 0.29) is 25.7 Å². The van der Waals surface area contributed by atoms with E-state index in [0.717, 1.165) is 10.8 Å². The molecule has 2 atom stereocenters. The fraction of sp³-hybridized carbons (Fsp3) is 0.222. The molecular weight excluding hydrogens is 432 g/mol. The van der Waals surface area contributed by atoms with E-state index < -0.39 is 28.6 Å². The first-order valence-corrected chi connectivity index (χ1v) is 11.1. The molecule has 0 saturated heterocycles. The summed E-state index contributed by atoms with van der Waals surface area (Å²) in [7, 11) is 0. The zero-order chi connectivity index (χ0) is 23.7. The van der Waals surface area contributed by atoms with Crippen LogP contribution in [0.5, 0.6) is 0 Å². The van der Waals surface area contributed by atoms with Crippen molar-refractivity contribution in [1.82, 2.24) is 9.97 Å². The molecule has 0 radical (unpaired) electrons. The van der Waals surface area contributed by atoms with E-state index in [0.29, 0.717) is 33.5 Å². The average Bonchev–Trinajstić information content (AvgIpc) is 2.99. The third-order valence-electron chi connectivity index (χ3n) is 7.40. The molecule has 0 amide bonds. The molecule has 0 fully saturated rings. The Morgan fingerprint density at radius 2 is 1.09 bits per heavy atom. The Balaban J connectivity index is 1.67. The first kappa shape index (κ1) is 20.5. The molecule has 2 aliphatic carbocycles. The minimum absolute atomic E-state index is 0.0929. The summed E-state index contributed by atoms with van der Waals surface area (Å²) >= 11 is 0. The molecule has 2 N–H and O–H groups in total. The van der Waals surface area contributed by atoms with Crippen LogP contribution in [0, 0.1) is 10.8 Å².